The molecule has 0 bridgehead atoms. The molecule has 0 saturated carbocycles. The van der Waals surface area contributed by atoms with Crippen LogP contribution < -0.4 is 10.4 Å². The number of nitrogens with zero attached hydrogens (tertiary/aromatic N) is 1. The Bertz CT molecular complexity index is 3590. The fourth-order valence-electron chi connectivity index (χ4n) is 10.1. The standard InChI is InChI=1S/C60H39NOSi/c1-3-10-38(11-4-1)40-18-22-42(23-19-40)44-27-32-55-53(34-44)54-35-45(43-24-20-41(21-25-43)39-12-5-2-6-13-39)28-33-56(54)61(55)47-29-31-51-50-30-26-46(36-58(50)63-59(51)37-47)48-15-9-16-52-49-14-7-8-17-57(49)62-60(48)52/h1-37H,63H2/q-1. The molecule has 1 aliphatic rings. The highest BCUT2D eigenvalue weighted by Gasteiger charge is 2.19. The summed E-state index contributed by atoms with van der Waals surface area (Å²) in [4.78, 5) is 0. The molecule has 295 valence electrons. The van der Waals surface area contributed by atoms with Crippen molar-refractivity contribution >= 4 is 63.6 Å². The molecule has 13 rings (SSSR count). The maximum atomic E-state index is 6.46. The van der Waals surface area contributed by atoms with Crippen molar-refractivity contribution in [1.82, 2.24) is 4.57 Å². The topological polar surface area (TPSA) is 18.1 Å². The van der Waals surface area contributed by atoms with Gasteiger partial charge in [-0.25, -0.2) is 0 Å². The second kappa shape index (κ2) is 14.3. The zero-order chi connectivity index (χ0) is 41.4. The third kappa shape index (κ3) is 5.93. The van der Waals surface area contributed by atoms with E-state index in [-0.39, 0.29) is 0 Å². The van der Waals surface area contributed by atoms with Crippen LogP contribution in [-0.2, 0) is 0 Å². The normalized spacial score (nSPS) is 12.4. The number of furan rings is 1. The summed E-state index contributed by atoms with van der Waals surface area (Å²) in [6.07, 6.45) is 0. The van der Waals surface area contributed by atoms with Gasteiger partial charge in [-0.15, -0.1) is 9.52 Å². The molecule has 3 heteroatoms. The van der Waals surface area contributed by atoms with E-state index in [2.05, 4.69) is 223 Å². The largest absolute Gasteiger partial charge is 0.455 e. The number of para-hydroxylation sites is 2. The number of fused-ring (bicyclic) bond motifs is 9. The van der Waals surface area contributed by atoms with Gasteiger partial charge in [-0.05, 0) is 86.5 Å². The van der Waals surface area contributed by atoms with Crippen LogP contribution in [0.4, 0.5) is 0 Å². The molecular weight excluding hydrogens is 779 g/mol. The van der Waals surface area contributed by atoms with Gasteiger partial charge < -0.3 is 8.98 Å². The molecule has 3 heterocycles. The minimum absolute atomic E-state index is 0.747. The summed E-state index contributed by atoms with van der Waals surface area (Å²) in [6.45, 7) is 0. The van der Waals surface area contributed by atoms with E-state index in [1.54, 1.807) is 0 Å². The molecule has 0 atom stereocenters. The first-order valence-corrected chi connectivity index (χ1v) is 23.2. The Kier molecular flexibility index (Phi) is 8.12. The highest BCUT2D eigenvalue weighted by Crippen LogP contribution is 2.40. The molecule has 0 spiro atoms. The van der Waals surface area contributed by atoms with Crippen molar-refractivity contribution in [2.24, 2.45) is 0 Å². The van der Waals surface area contributed by atoms with Crippen LogP contribution in [0, 0.1) is 0 Å². The van der Waals surface area contributed by atoms with Gasteiger partial charge in [-0.3, -0.25) is 0 Å². The summed E-state index contributed by atoms with van der Waals surface area (Å²) in [7, 11) is -0.747. The van der Waals surface area contributed by atoms with E-state index in [0.29, 0.717) is 0 Å². The second-order valence-electron chi connectivity index (χ2n) is 16.9. The number of hydrogen-bond acceptors (Lipinski definition) is 1. The lowest BCUT2D eigenvalue weighted by Gasteiger charge is -2.13. The van der Waals surface area contributed by atoms with Gasteiger partial charge in [0, 0.05) is 32.8 Å². The summed E-state index contributed by atoms with van der Waals surface area (Å²) in [5.41, 5.74) is 20.4. The lowest BCUT2D eigenvalue weighted by molar-refractivity contribution is 0.670. The summed E-state index contributed by atoms with van der Waals surface area (Å²) in [5.74, 6) is 0. The van der Waals surface area contributed by atoms with Gasteiger partial charge in [0.15, 0.2) is 0 Å². The number of hydrogen-bond donors (Lipinski definition) is 0. The summed E-state index contributed by atoms with van der Waals surface area (Å²) in [5, 5.41) is 7.81. The molecule has 0 fully saturated rings. The Balaban J connectivity index is 0.905. The molecular formula is C60H39NOSi-. The fraction of sp³-hybridized carbons (Fsp3) is 0. The Morgan fingerprint density at radius 3 is 1.40 bits per heavy atom. The van der Waals surface area contributed by atoms with Gasteiger partial charge in [0.05, 0.1) is 11.0 Å². The number of aromatic nitrogens is 1. The van der Waals surface area contributed by atoms with E-state index >= 15 is 0 Å². The third-order valence-corrected chi connectivity index (χ3v) is 15.2. The van der Waals surface area contributed by atoms with Gasteiger partial charge in [-0.2, -0.15) is 10.4 Å². The van der Waals surface area contributed by atoms with Gasteiger partial charge in [0.2, 0.25) is 0 Å². The third-order valence-electron chi connectivity index (χ3n) is 13.3. The molecule has 1 aliphatic heterocycles. The van der Waals surface area contributed by atoms with Crippen molar-refractivity contribution < 1.29 is 4.42 Å². The van der Waals surface area contributed by atoms with Crippen molar-refractivity contribution in [3.8, 4) is 72.4 Å². The van der Waals surface area contributed by atoms with E-state index in [1.807, 2.05) is 6.07 Å². The number of rotatable bonds is 6. The smallest absolute Gasteiger partial charge is 0.143 e. The Morgan fingerprint density at radius 2 is 0.778 bits per heavy atom. The van der Waals surface area contributed by atoms with Crippen LogP contribution in [0.5, 0.6) is 0 Å². The van der Waals surface area contributed by atoms with Crippen molar-refractivity contribution in [1.29, 1.82) is 0 Å². The first kappa shape index (κ1) is 35.7. The Labute approximate surface area is 367 Å². The molecule has 0 saturated heterocycles. The average molecular weight is 818 g/mol. The second-order valence-corrected chi connectivity index (χ2v) is 18.7. The lowest BCUT2D eigenvalue weighted by Crippen LogP contribution is -2.21. The van der Waals surface area contributed by atoms with Crippen molar-refractivity contribution in [2.75, 3.05) is 0 Å². The SMILES string of the molecule is c1ccc(-c2ccc(-c3ccc4c(c3)c3cc(-c5ccc(-c6ccccc6)cc5)ccc3n4-c3ccc4c(c3)[SiH2-]c3cc(-c5cccc6c5oc5ccccc56)ccc3-4)cc2)cc1. The summed E-state index contributed by atoms with van der Waals surface area (Å²) >= 11 is 0. The van der Waals surface area contributed by atoms with Crippen LogP contribution in [0.2, 0.25) is 0 Å². The molecule has 2 aromatic heterocycles. The first-order valence-electron chi connectivity index (χ1n) is 21.8. The van der Waals surface area contributed by atoms with E-state index in [0.717, 1.165) is 22.1 Å². The fourth-order valence-corrected chi connectivity index (χ4v) is 12.2. The molecule has 2 nitrogen and oxygen atoms in total. The van der Waals surface area contributed by atoms with E-state index < -0.39 is 9.52 Å². The van der Waals surface area contributed by atoms with Crippen LogP contribution in [-0.4, -0.2) is 14.1 Å². The zero-order valence-electron chi connectivity index (χ0n) is 34.4. The molecule has 0 aliphatic carbocycles. The summed E-state index contributed by atoms with van der Waals surface area (Å²) < 4.78 is 8.95. The molecule has 0 N–H and O–H groups in total. The Hall–Kier alpha value is -7.98. The Morgan fingerprint density at radius 1 is 0.302 bits per heavy atom. The molecule has 12 aromatic rings. The van der Waals surface area contributed by atoms with Crippen LogP contribution in [0.25, 0.3) is 116 Å². The van der Waals surface area contributed by atoms with Crippen LogP contribution in [0.1, 0.15) is 0 Å². The quantitative estimate of drug-likeness (QED) is 0.153. The van der Waals surface area contributed by atoms with Gasteiger partial charge in [0.25, 0.3) is 0 Å². The highest BCUT2D eigenvalue weighted by molar-refractivity contribution is 6.73. The zero-order valence-corrected chi connectivity index (χ0v) is 35.8. The number of benzene rings is 10. The molecule has 0 unspecified atom stereocenters. The van der Waals surface area contributed by atoms with Crippen LogP contribution >= 0.6 is 0 Å². The van der Waals surface area contributed by atoms with E-state index in [1.165, 1.54) is 104 Å². The van der Waals surface area contributed by atoms with Crippen molar-refractivity contribution in [2.45, 2.75) is 0 Å². The van der Waals surface area contributed by atoms with Crippen LogP contribution in [0.15, 0.2) is 229 Å². The molecule has 0 radical (unpaired) electrons. The minimum Gasteiger partial charge on any atom is -0.455 e. The predicted molar refractivity (Wildman–Crippen MR) is 268 cm³/mol. The molecule has 63 heavy (non-hydrogen) atoms. The highest BCUT2D eigenvalue weighted by atomic mass is 28.2. The van der Waals surface area contributed by atoms with E-state index in [9.17, 15) is 0 Å². The van der Waals surface area contributed by atoms with Gasteiger partial charge >= 0.3 is 0 Å². The molecule has 0 amide bonds. The maximum Gasteiger partial charge on any atom is 0.143 e. The maximum absolute atomic E-state index is 6.46. The lowest BCUT2D eigenvalue weighted by atomic mass is 9.97. The first-order chi connectivity index (χ1) is 31.2. The minimum atomic E-state index is -0.747. The van der Waals surface area contributed by atoms with Gasteiger partial charge in [-0.1, -0.05) is 199 Å². The van der Waals surface area contributed by atoms with Gasteiger partial charge in [0.1, 0.15) is 11.2 Å². The van der Waals surface area contributed by atoms with E-state index in [4.69, 9.17) is 4.42 Å². The van der Waals surface area contributed by atoms with Crippen molar-refractivity contribution in [3.63, 3.8) is 0 Å². The van der Waals surface area contributed by atoms with Crippen molar-refractivity contribution in [3.05, 3.63) is 224 Å². The molecule has 10 aromatic carbocycles. The van der Waals surface area contributed by atoms with Crippen LogP contribution in [0.3, 0.4) is 0 Å². The monoisotopic (exact) mass is 817 g/mol. The summed E-state index contributed by atoms with van der Waals surface area (Å²) in [6, 6.07) is 82.4. The average Bonchev–Trinajstić information content (AvgIpc) is 4.03. The predicted octanol–water partition coefficient (Wildman–Crippen LogP) is 14.1.